The molecule has 0 bridgehead atoms. The van der Waals surface area contributed by atoms with Crippen LogP contribution in [-0.4, -0.2) is 19.1 Å². The predicted octanol–water partition coefficient (Wildman–Crippen LogP) is 13.0. The molecule has 0 spiro atoms. The van der Waals surface area contributed by atoms with Crippen LogP contribution in [-0.2, 0) is 5.41 Å². The molecule has 0 aliphatic heterocycles. The van der Waals surface area contributed by atoms with Gasteiger partial charge >= 0.3 is 0 Å². The Morgan fingerprint density at radius 1 is 0.500 bits per heavy atom. The Kier molecular flexibility index (Phi) is 5.96. The van der Waals surface area contributed by atoms with Crippen molar-refractivity contribution >= 4 is 75.3 Å². The van der Waals surface area contributed by atoms with E-state index in [1.165, 1.54) is 70.4 Å². The van der Waals surface area contributed by atoms with Gasteiger partial charge in [0.15, 0.2) is 5.82 Å². The van der Waals surface area contributed by atoms with Crippen molar-refractivity contribution in [3.05, 3.63) is 169 Å². The summed E-state index contributed by atoms with van der Waals surface area (Å²) in [7, 11) is 0. The van der Waals surface area contributed by atoms with Crippen LogP contribution < -0.4 is 0 Å². The molecule has 0 saturated carbocycles. The van der Waals surface area contributed by atoms with Crippen molar-refractivity contribution in [1.82, 2.24) is 19.1 Å². The van der Waals surface area contributed by atoms with Crippen LogP contribution in [0.4, 0.5) is 0 Å². The molecule has 4 heterocycles. The fourth-order valence-electron chi connectivity index (χ4n) is 9.32. The van der Waals surface area contributed by atoms with Crippen LogP contribution in [0.1, 0.15) is 25.0 Å². The van der Waals surface area contributed by atoms with Crippen LogP contribution in [0.5, 0.6) is 0 Å². The Hall–Kier alpha value is -6.56. The smallest absolute Gasteiger partial charge is 0.160 e. The summed E-state index contributed by atoms with van der Waals surface area (Å²) in [5.41, 5.74) is 13.3. The highest BCUT2D eigenvalue weighted by Crippen LogP contribution is 2.50. The van der Waals surface area contributed by atoms with Gasteiger partial charge in [0.2, 0.25) is 0 Å². The molecule has 5 heteroatoms. The number of aromatic nitrogens is 4. The Balaban J connectivity index is 1.17. The van der Waals surface area contributed by atoms with Gasteiger partial charge in [-0.25, -0.2) is 9.97 Å². The molecule has 0 amide bonds. The van der Waals surface area contributed by atoms with Crippen LogP contribution in [0.2, 0.25) is 0 Å². The maximum absolute atomic E-state index is 5.16. The molecule has 1 aliphatic carbocycles. The van der Waals surface area contributed by atoms with E-state index in [4.69, 9.17) is 9.97 Å². The van der Waals surface area contributed by atoms with Crippen LogP contribution in [0.25, 0.3) is 97.8 Å². The maximum atomic E-state index is 5.16. The summed E-state index contributed by atoms with van der Waals surface area (Å²) < 4.78 is 6.11. The SMILES string of the molecule is CC1(C)c2ccccc2-c2ccc(-n3c4cc(-c5ncc6c(n5)sc5ccccc56)ccc4c4c5c6ccccc6n(-c6ccccc6)c5ccc43)cc21. The lowest BCUT2D eigenvalue weighted by Crippen LogP contribution is -2.15. The third-order valence-corrected chi connectivity index (χ3v) is 12.9. The van der Waals surface area contributed by atoms with Gasteiger partial charge in [0, 0.05) is 65.6 Å². The summed E-state index contributed by atoms with van der Waals surface area (Å²) in [5.74, 6) is 0.740. The molecule has 0 fully saturated rings. The Morgan fingerprint density at radius 3 is 2.04 bits per heavy atom. The van der Waals surface area contributed by atoms with E-state index in [2.05, 4.69) is 175 Å². The lowest BCUT2D eigenvalue weighted by Gasteiger charge is -2.22. The monoisotopic (exact) mass is 708 g/mol. The molecule has 11 aromatic rings. The minimum atomic E-state index is -0.115. The normalized spacial score (nSPS) is 13.5. The molecular weight excluding hydrogens is 677 g/mol. The van der Waals surface area contributed by atoms with Crippen LogP contribution >= 0.6 is 11.3 Å². The van der Waals surface area contributed by atoms with E-state index in [1.807, 2.05) is 6.20 Å². The van der Waals surface area contributed by atoms with Crippen LogP contribution in [0, 0.1) is 0 Å². The molecule has 0 N–H and O–H groups in total. The van der Waals surface area contributed by atoms with Gasteiger partial charge in [0.1, 0.15) is 4.83 Å². The van der Waals surface area contributed by atoms with Gasteiger partial charge in [0.05, 0.1) is 22.1 Å². The Bertz CT molecular complexity index is 3360. The zero-order chi connectivity index (χ0) is 35.7. The average Bonchev–Trinajstić information content (AvgIpc) is 3.92. The number of rotatable bonds is 3. The second-order valence-electron chi connectivity index (χ2n) is 15.0. The quantitative estimate of drug-likeness (QED) is 0.183. The van der Waals surface area contributed by atoms with Gasteiger partial charge in [0.25, 0.3) is 0 Å². The standard InChI is InChI=1S/C49H32N4S/c1-49(2)38-17-9-6-14-32(38)33-23-21-31(27-39(33)49)53-42-25-24-41-45(35-16-7-10-18-40(35)52(41)30-12-4-3-5-13-30)46(42)36-22-20-29(26-43(36)53)47-50-28-37-34-15-8-11-19-44(34)54-48(37)51-47/h3-28H,1-2H3. The van der Waals surface area contributed by atoms with Crippen molar-refractivity contribution < 1.29 is 0 Å². The molecule has 254 valence electrons. The lowest BCUT2D eigenvalue weighted by atomic mass is 9.82. The summed E-state index contributed by atoms with van der Waals surface area (Å²) in [6.45, 7) is 4.71. The topological polar surface area (TPSA) is 35.6 Å². The molecule has 0 saturated heterocycles. The molecule has 54 heavy (non-hydrogen) atoms. The van der Waals surface area contributed by atoms with E-state index in [0.717, 1.165) is 38.5 Å². The zero-order valence-electron chi connectivity index (χ0n) is 29.7. The van der Waals surface area contributed by atoms with Crippen LogP contribution in [0.3, 0.4) is 0 Å². The molecule has 0 radical (unpaired) electrons. The van der Waals surface area contributed by atoms with Gasteiger partial charge in [-0.1, -0.05) is 111 Å². The van der Waals surface area contributed by atoms with E-state index in [9.17, 15) is 0 Å². The summed E-state index contributed by atoms with van der Waals surface area (Å²) >= 11 is 1.73. The molecule has 12 rings (SSSR count). The first-order valence-corrected chi connectivity index (χ1v) is 19.3. The number of fused-ring (bicyclic) bond motifs is 13. The molecule has 0 unspecified atom stereocenters. The lowest BCUT2D eigenvalue weighted by molar-refractivity contribution is 0.660. The largest absolute Gasteiger partial charge is 0.309 e. The van der Waals surface area contributed by atoms with Gasteiger partial charge in [-0.3, -0.25) is 0 Å². The minimum Gasteiger partial charge on any atom is -0.309 e. The summed E-state index contributed by atoms with van der Waals surface area (Å²) in [6, 6.07) is 55.4. The van der Waals surface area contributed by atoms with Gasteiger partial charge in [-0.2, -0.15) is 0 Å². The molecule has 4 nitrogen and oxygen atoms in total. The molecule has 0 atom stereocenters. The number of para-hydroxylation sites is 2. The van der Waals surface area contributed by atoms with E-state index in [0.29, 0.717) is 0 Å². The van der Waals surface area contributed by atoms with E-state index >= 15 is 0 Å². The third kappa shape index (κ3) is 3.97. The first-order valence-electron chi connectivity index (χ1n) is 18.5. The number of hydrogen-bond donors (Lipinski definition) is 0. The van der Waals surface area contributed by atoms with Crippen molar-refractivity contribution in [3.8, 4) is 33.9 Å². The first kappa shape index (κ1) is 30.0. The van der Waals surface area contributed by atoms with Crippen molar-refractivity contribution in [2.45, 2.75) is 19.3 Å². The van der Waals surface area contributed by atoms with Crippen LogP contribution in [0.15, 0.2) is 158 Å². The molecule has 7 aromatic carbocycles. The third-order valence-electron chi connectivity index (χ3n) is 11.8. The van der Waals surface area contributed by atoms with Crippen molar-refractivity contribution in [2.24, 2.45) is 0 Å². The summed E-state index contributed by atoms with van der Waals surface area (Å²) in [6.07, 6.45) is 2.00. The Labute approximate surface area is 315 Å². The second kappa shape index (κ2) is 10.8. The highest BCUT2D eigenvalue weighted by atomic mass is 32.1. The molecular formula is C49H32N4S. The molecule has 4 aromatic heterocycles. The predicted molar refractivity (Wildman–Crippen MR) is 227 cm³/mol. The van der Waals surface area contributed by atoms with Gasteiger partial charge in [-0.05, 0) is 76.9 Å². The fraction of sp³-hybridized carbons (Fsp3) is 0.0612. The summed E-state index contributed by atoms with van der Waals surface area (Å²) in [5, 5.41) is 7.29. The zero-order valence-corrected chi connectivity index (χ0v) is 30.5. The van der Waals surface area contributed by atoms with Gasteiger partial charge in [-0.15, -0.1) is 11.3 Å². The number of thiophene rings is 1. The highest BCUT2D eigenvalue weighted by Gasteiger charge is 2.35. The second-order valence-corrected chi connectivity index (χ2v) is 16.1. The van der Waals surface area contributed by atoms with E-state index < -0.39 is 0 Å². The average molecular weight is 709 g/mol. The fourth-order valence-corrected chi connectivity index (χ4v) is 10.4. The van der Waals surface area contributed by atoms with E-state index in [-0.39, 0.29) is 5.41 Å². The number of nitrogens with zero attached hydrogens (tertiary/aromatic N) is 4. The number of benzene rings is 7. The van der Waals surface area contributed by atoms with Crippen molar-refractivity contribution in [1.29, 1.82) is 0 Å². The molecule has 1 aliphatic rings. The Morgan fingerprint density at radius 2 is 1.19 bits per heavy atom. The summed E-state index contributed by atoms with van der Waals surface area (Å²) in [4.78, 5) is 11.1. The van der Waals surface area contributed by atoms with Crippen molar-refractivity contribution in [2.75, 3.05) is 0 Å². The van der Waals surface area contributed by atoms with Gasteiger partial charge < -0.3 is 9.13 Å². The van der Waals surface area contributed by atoms with Crippen molar-refractivity contribution in [3.63, 3.8) is 0 Å². The van der Waals surface area contributed by atoms with E-state index in [1.54, 1.807) is 11.3 Å². The number of hydrogen-bond acceptors (Lipinski definition) is 3. The highest BCUT2D eigenvalue weighted by molar-refractivity contribution is 7.25. The first-order chi connectivity index (χ1) is 26.5. The minimum absolute atomic E-state index is 0.115. The maximum Gasteiger partial charge on any atom is 0.160 e.